The van der Waals surface area contributed by atoms with Gasteiger partial charge in [-0.15, -0.1) is 0 Å². The van der Waals surface area contributed by atoms with E-state index in [0.717, 1.165) is 11.5 Å². The Morgan fingerprint density at radius 2 is 1.91 bits per heavy atom. The number of anilines is 2. The van der Waals surface area contributed by atoms with Crippen LogP contribution in [-0.4, -0.2) is 46.5 Å². The molecule has 0 aliphatic carbocycles. The second-order valence-electron chi connectivity index (χ2n) is 7.83. The molecule has 0 saturated carbocycles. The summed E-state index contributed by atoms with van der Waals surface area (Å²) in [6.07, 6.45) is 1.07. The van der Waals surface area contributed by atoms with Crippen molar-refractivity contribution in [1.29, 1.82) is 0 Å². The third kappa shape index (κ3) is 3.28. The number of fused-ring (bicyclic) bond motifs is 4. The fourth-order valence-corrected chi connectivity index (χ4v) is 4.14. The zero-order valence-electron chi connectivity index (χ0n) is 17.5. The molecule has 10 nitrogen and oxygen atoms in total. The number of ether oxygens (including phenoxy) is 2. The van der Waals surface area contributed by atoms with Crippen LogP contribution in [0.4, 0.5) is 11.6 Å². The van der Waals surface area contributed by atoms with Gasteiger partial charge >= 0.3 is 0 Å². The van der Waals surface area contributed by atoms with Crippen LogP contribution in [0.1, 0.15) is 5.56 Å². The second-order valence-corrected chi connectivity index (χ2v) is 7.83. The van der Waals surface area contributed by atoms with Crippen molar-refractivity contribution in [2.75, 3.05) is 24.2 Å². The molecule has 0 fully saturated rings. The van der Waals surface area contributed by atoms with E-state index in [9.17, 15) is 4.79 Å². The van der Waals surface area contributed by atoms with Gasteiger partial charge in [-0.25, -0.2) is 0 Å². The first-order valence-electron chi connectivity index (χ1n) is 10.6. The summed E-state index contributed by atoms with van der Waals surface area (Å²) in [5.41, 5.74) is 7.70. The number of pyridine rings is 1. The van der Waals surface area contributed by atoms with E-state index in [1.807, 2.05) is 54.6 Å². The number of aromatic nitrogens is 3. The van der Waals surface area contributed by atoms with Crippen LogP contribution in [0.2, 0.25) is 0 Å². The number of hydrogen-bond acceptors (Lipinski definition) is 8. The number of nitrogens with zero attached hydrogens (tertiary/aromatic N) is 3. The topological polar surface area (TPSA) is 132 Å². The number of H-pyrrole nitrogens is 1. The molecule has 0 spiro atoms. The summed E-state index contributed by atoms with van der Waals surface area (Å²) in [5.74, 6) is 2.22. The van der Waals surface area contributed by atoms with E-state index >= 15 is 0 Å². The van der Waals surface area contributed by atoms with Gasteiger partial charge in [-0.05, 0) is 24.3 Å². The minimum absolute atomic E-state index is 0.158. The molecule has 2 aromatic carbocycles. The molecule has 4 heterocycles. The monoisotopic (exact) mass is 443 g/mol. The van der Waals surface area contributed by atoms with Gasteiger partial charge in [0, 0.05) is 12.8 Å². The van der Waals surface area contributed by atoms with Crippen molar-refractivity contribution in [3.8, 4) is 17.2 Å². The van der Waals surface area contributed by atoms with Crippen LogP contribution < -0.4 is 31.4 Å². The van der Waals surface area contributed by atoms with Crippen LogP contribution in [0.15, 0.2) is 64.4 Å². The number of nitrogens with one attached hydrogen (secondary N) is 3. The molecule has 2 atom stereocenters. The molecule has 2 aliphatic rings. The first-order chi connectivity index (χ1) is 16.2. The van der Waals surface area contributed by atoms with Crippen LogP contribution in [-0.2, 0) is 0 Å². The maximum atomic E-state index is 13.4. The molecule has 5 N–H and O–H groups in total. The molecule has 2 aromatic heterocycles. The summed E-state index contributed by atoms with van der Waals surface area (Å²) in [6.45, 7) is 0.924. The fourth-order valence-electron chi connectivity index (χ4n) is 4.14. The number of aliphatic imine (C=N–C) groups is 1. The highest BCUT2D eigenvalue weighted by atomic mass is 16.6. The number of rotatable bonds is 4. The first-order valence-corrected chi connectivity index (χ1v) is 10.6. The Morgan fingerprint density at radius 3 is 2.76 bits per heavy atom. The van der Waals surface area contributed by atoms with E-state index in [1.165, 1.54) is 0 Å². The van der Waals surface area contributed by atoms with E-state index in [1.54, 1.807) is 10.8 Å². The smallest absolute Gasteiger partial charge is 0.270 e. The zero-order valence-corrected chi connectivity index (χ0v) is 17.5. The molecule has 166 valence electrons. The maximum Gasteiger partial charge on any atom is 0.270 e. The summed E-state index contributed by atoms with van der Waals surface area (Å²) in [7, 11) is 0. The summed E-state index contributed by atoms with van der Waals surface area (Å²) in [5, 5.41) is 13.9. The molecular weight excluding hydrogens is 422 g/mol. The molecule has 10 heteroatoms. The Balaban J connectivity index is 1.30. The third-order valence-electron chi connectivity index (χ3n) is 5.71. The normalized spacial score (nSPS) is 18.7. The summed E-state index contributed by atoms with van der Waals surface area (Å²) >= 11 is 0. The lowest BCUT2D eigenvalue weighted by atomic mass is 10.1. The van der Waals surface area contributed by atoms with Crippen molar-refractivity contribution in [3.05, 3.63) is 70.5 Å². The van der Waals surface area contributed by atoms with Crippen LogP contribution in [0.3, 0.4) is 0 Å². The van der Waals surface area contributed by atoms with Gasteiger partial charge in [0.05, 0.1) is 16.8 Å². The predicted octanol–water partition coefficient (Wildman–Crippen LogP) is 1.85. The van der Waals surface area contributed by atoms with E-state index in [4.69, 9.17) is 15.2 Å². The van der Waals surface area contributed by atoms with Gasteiger partial charge in [-0.2, -0.15) is 5.10 Å². The van der Waals surface area contributed by atoms with Gasteiger partial charge < -0.3 is 20.5 Å². The van der Waals surface area contributed by atoms with Gasteiger partial charge in [0.25, 0.3) is 5.56 Å². The minimum atomic E-state index is -0.467. The largest absolute Gasteiger partial charge is 0.486 e. The molecule has 2 unspecified atom stereocenters. The molecule has 2 aliphatic heterocycles. The number of aromatic amines is 1. The van der Waals surface area contributed by atoms with Gasteiger partial charge in [0.1, 0.15) is 23.9 Å². The number of hydrogen-bond donors (Lipinski definition) is 4. The minimum Gasteiger partial charge on any atom is -0.486 e. The predicted molar refractivity (Wildman–Crippen MR) is 125 cm³/mol. The average molecular weight is 443 g/mol. The first kappa shape index (κ1) is 19.4. The Hall–Kier alpha value is -4.31. The Labute approximate surface area is 188 Å². The van der Waals surface area contributed by atoms with Gasteiger partial charge in [-0.3, -0.25) is 24.8 Å². The van der Waals surface area contributed by atoms with E-state index in [2.05, 4.69) is 25.8 Å². The number of nitrogen functional groups attached to an aromatic ring is 1. The standard InChI is InChI=1S/C23H21N7O3/c24-20-18-19(28-29-20)15-11-26-23(25-10-14-12-32-16-8-4-5-9-17(16)33-14)27-21(15)30(22(18)31)13-6-2-1-3-7-13/h1-9,11,14,23,25,27H,10,12H2,(H3,24,28,29). The Bertz CT molecular complexity index is 1430. The van der Waals surface area contributed by atoms with Gasteiger partial charge in [-0.1, -0.05) is 30.3 Å². The zero-order chi connectivity index (χ0) is 22.4. The third-order valence-corrected chi connectivity index (χ3v) is 5.71. The second kappa shape index (κ2) is 7.68. The molecule has 0 bridgehead atoms. The van der Waals surface area contributed by atoms with Crippen LogP contribution >= 0.6 is 0 Å². The average Bonchev–Trinajstić information content (AvgIpc) is 3.25. The van der Waals surface area contributed by atoms with E-state index < -0.39 is 6.29 Å². The molecule has 33 heavy (non-hydrogen) atoms. The molecule has 0 amide bonds. The van der Waals surface area contributed by atoms with Gasteiger partial charge in [0.15, 0.2) is 23.6 Å². The highest BCUT2D eigenvalue weighted by molar-refractivity contribution is 6.06. The molecule has 0 saturated heterocycles. The SMILES string of the molecule is Nc1n[nH]c2c3c(n(-c4ccccc4)c(=O)c12)NC(NCC1COc2ccccc2O1)N=C3. The maximum absolute atomic E-state index is 13.4. The van der Waals surface area contributed by atoms with Crippen LogP contribution in [0.25, 0.3) is 16.6 Å². The highest BCUT2D eigenvalue weighted by Crippen LogP contribution is 2.31. The van der Waals surface area contributed by atoms with Crippen molar-refractivity contribution in [2.24, 2.45) is 4.99 Å². The number of benzene rings is 2. The van der Waals surface area contributed by atoms with Crippen LogP contribution in [0.5, 0.6) is 11.5 Å². The molecular formula is C23H21N7O3. The summed E-state index contributed by atoms with van der Waals surface area (Å²) < 4.78 is 13.4. The Kier molecular flexibility index (Phi) is 4.51. The summed E-state index contributed by atoms with van der Waals surface area (Å²) in [6, 6.07) is 17.0. The molecule has 6 rings (SSSR count). The lowest BCUT2D eigenvalue weighted by Gasteiger charge is -2.29. The van der Waals surface area contributed by atoms with E-state index in [0.29, 0.717) is 41.1 Å². The van der Waals surface area contributed by atoms with Crippen molar-refractivity contribution in [2.45, 2.75) is 12.4 Å². The number of para-hydroxylation sites is 3. The number of nitrogens with two attached hydrogens (primary N) is 1. The lowest BCUT2D eigenvalue weighted by Crippen LogP contribution is -2.46. The van der Waals surface area contributed by atoms with Crippen molar-refractivity contribution < 1.29 is 9.47 Å². The Morgan fingerprint density at radius 1 is 1.12 bits per heavy atom. The molecule has 0 radical (unpaired) electrons. The molecule has 4 aromatic rings. The fraction of sp³-hybridized carbons (Fsp3) is 0.174. The quantitative estimate of drug-likeness (QED) is 0.379. The van der Waals surface area contributed by atoms with Crippen molar-refractivity contribution >= 4 is 28.8 Å². The summed E-state index contributed by atoms with van der Waals surface area (Å²) in [4.78, 5) is 18.0. The van der Waals surface area contributed by atoms with Crippen molar-refractivity contribution in [1.82, 2.24) is 20.1 Å². The van der Waals surface area contributed by atoms with Crippen LogP contribution in [0, 0.1) is 0 Å². The van der Waals surface area contributed by atoms with Crippen molar-refractivity contribution in [3.63, 3.8) is 0 Å². The lowest BCUT2D eigenvalue weighted by molar-refractivity contribution is 0.0890. The van der Waals surface area contributed by atoms with E-state index in [-0.39, 0.29) is 17.5 Å². The highest BCUT2D eigenvalue weighted by Gasteiger charge is 2.26. The van der Waals surface area contributed by atoms with Gasteiger partial charge in [0.2, 0.25) is 0 Å².